The van der Waals surface area contributed by atoms with E-state index in [1.54, 1.807) is 0 Å². The molecule has 0 saturated heterocycles. The highest BCUT2D eigenvalue weighted by Crippen LogP contribution is 2.50. The van der Waals surface area contributed by atoms with Crippen LogP contribution >= 0.6 is 12.6 Å². The predicted molar refractivity (Wildman–Crippen MR) is 83.0 cm³/mol. The average molecular weight is 262 g/mol. The van der Waals surface area contributed by atoms with E-state index in [2.05, 4.69) is 12.2 Å². The summed E-state index contributed by atoms with van der Waals surface area (Å²) in [6.07, 6.45) is 12.3. The molecule has 0 spiro atoms. The van der Waals surface area contributed by atoms with Gasteiger partial charge in [-0.3, -0.25) is 0 Å². The monoisotopic (exact) mass is 262 g/mol. The van der Waals surface area contributed by atoms with Crippen LogP contribution < -0.4 is 0 Å². The van der Waals surface area contributed by atoms with Gasteiger partial charge in [-0.05, 0) is 50.0 Å². The van der Waals surface area contributed by atoms with E-state index < -0.39 is 4.75 Å². The molecule has 1 atom stereocenters. The number of thiol groups is 1. The quantitative estimate of drug-likeness (QED) is 0.721. The lowest BCUT2D eigenvalue weighted by Crippen LogP contribution is -2.27. The minimum Gasteiger partial charge on any atom is -0.394 e. The Balaban J connectivity index is 3.56. The van der Waals surface area contributed by atoms with Crippen molar-refractivity contribution in [1.29, 1.82) is 0 Å². The largest absolute Gasteiger partial charge is 0.394 e. The van der Waals surface area contributed by atoms with Gasteiger partial charge in [0.1, 0.15) is 0 Å². The number of hydrogen-bond donors (Lipinski definition) is 2. The first kappa shape index (κ1) is 15.1. The van der Waals surface area contributed by atoms with Gasteiger partial charge >= 0.3 is 0 Å². The van der Waals surface area contributed by atoms with E-state index in [1.165, 1.54) is 0 Å². The first-order valence-corrected chi connectivity index (χ1v) is 6.72. The van der Waals surface area contributed by atoms with Crippen molar-refractivity contribution in [3.8, 4) is 0 Å². The first-order chi connectivity index (χ1) is 8.60. The number of rotatable bonds is 2. The van der Waals surface area contributed by atoms with Crippen molar-refractivity contribution < 1.29 is 5.11 Å². The molecule has 2 heteroatoms. The Labute approximate surface area is 116 Å². The molecule has 1 saturated carbocycles. The van der Waals surface area contributed by atoms with Gasteiger partial charge < -0.3 is 5.11 Å². The van der Waals surface area contributed by atoms with E-state index in [4.69, 9.17) is 12.6 Å². The zero-order chi connectivity index (χ0) is 13.8. The summed E-state index contributed by atoms with van der Waals surface area (Å²) in [6, 6.07) is 0. The van der Waals surface area contributed by atoms with Gasteiger partial charge in [-0.15, -0.1) is 0 Å². The van der Waals surface area contributed by atoms with E-state index in [-0.39, 0.29) is 6.61 Å². The Kier molecular flexibility index (Phi) is 5.24. The van der Waals surface area contributed by atoms with Crippen molar-refractivity contribution >= 4 is 12.6 Å². The van der Waals surface area contributed by atoms with E-state index >= 15 is 0 Å². The van der Waals surface area contributed by atoms with Crippen LogP contribution in [0.1, 0.15) is 27.7 Å². The Bertz CT molecular complexity index is 463. The number of allylic oxidation sites excluding steroid dienone is 8. The molecule has 1 unspecified atom stereocenters. The fourth-order valence-electron chi connectivity index (χ4n) is 2.52. The third-order valence-corrected chi connectivity index (χ3v) is 3.94. The maximum Gasteiger partial charge on any atom is 0.0863 e. The van der Waals surface area contributed by atoms with Gasteiger partial charge in [0.2, 0.25) is 0 Å². The molecular formula is C16H22OS. The average Bonchev–Trinajstić information content (AvgIpc) is 2.63. The van der Waals surface area contributed by atoms with Crippen LogP contribution in [0.5, 0.6) is 0 Å². The van der Waals surface area contributed by atoms with Gasteiger partial charge in [0.25, 0.3) is 0 Å². The third-order valence-electron chi connectivity index (χ3n) is 3.31. The molecular weight excluding hydrogens is 240 g/mol. The summed E-state index contributed by atoms with van der Waals surface area (Å²) in [4.78, 5) is 0. The number of aliphatic hydroxyl groups is 1. The number of hydrogen-bond acceptors (Lipinski definition) is 2. The highest BCUT2D eigenvalue weighted by molar-refractivity contribution is 7.82. The molecule has 0 heterocycles. The molecule has 0 bridgehead atoms. The van der Waals surface area contributed by atoms with Crippen LogP contribution in [0.3, 0.4) is 0 Å². The topological polar surface area (TPSA) is 20.2 Å². The highest BCUT2D eigenvalue weighted by Gasteiger charge is 2.43. The van der Waals surface area contributed by atoms with Crippen LogP contribution in [0.2, 0.25) is 0 Å². The lowest BCUT2D eigenvalue weighted by atomic mass is 9.96. The molecule has 1 aliphatic rings. The summed E-state index contributed by atoms with van der Waals surface area (Å²) in [7, 11) is 0. The summed E-state index contributed by atoms with van der Waals surface area (Å²) in [5.41, 5.74) is 4.47. The molecule has 1 nitrogen and oxygen atoms in total. The fourth-order valence-corrected chi connectivity index (χ4v) is 3.02. The zero-order valence-corrected chi connectivity index (χ0v) is 12.5. The Hall–Kier alpha value is -0.990. The molecule has 1 N–H and O–H groups in total. The lowest BCUT2D eigenvalue weighted by Gasteiger charge is -2.23. The first-order valence-electron chi connectivity index (χ1n) is 6.27. The van der Waals surface area contributed by atoms with Crippen molar-refractivity contribution in [2.24, 2.45) is 0 Å². The van der Waals surface area contributed by atoms with Gasteiger partial charge in [0, 0.05) is 0 Å². The van der Waals surface area contributed by atoms with Gasteiger partial charge in [-0.2, -0.15) is 12.6 Å². The minimum absolute atomic E-state index is 0.0000228. The molecule has 0 aromatic rings. The second-order valence-electron chi connectivity index (χ2n) is 4.23. The highest BCUT2D eigenvalue weighted by atomic mass is 32.1. The molecule has 0 radical (unpaired) electrons. The molecule has 1 aliphatic carbocycles. The fraction of sp³-hybridized carbons (Fsp3) is 0.375. The van der Waals surface area contributed by atoms with Crippen LogP contribution in [-0.2, 0) is 0 Å². The van der Waals surface area contributed by atoms with E-state index in [9.17, 15) is 5.11 Å². The normalized spacial score (nSPS) is 33.7. The van der Waals surface area contributed by atoms with Crippen molar-refractivity contribution in [2.75, 3.05) is 6.61 Å². The van der Waals surface area contributed by atoms with Crippen LogP contribution in [0.4, 0.5) is 0 Å². The summed E-state index contributed by atoms with van der Waals surface area (Å²) in [6.45, 7) is 8.00. The standard InChI is InChI=1S/C16H22OS/c1-5-9-10-13-12(6-2)14(7-3)16(18,11-17)15(13)8-4/h5-10,17-18H,11H2,1-4H3/b9-5-,12-6-,13-10?,14-7+,15-8+. The molecule has 0 amide bonds. The SMILES string of the molecule is C/C=C\C=C1C(=C/C)/C(=C\C)C(S)(CO)/C1=C/C. The molecule has 1 rings (SSSR count). The summed E-state index contributed by atoms with van der Waals surface area (Å²) >= 11 is 4.73. The molecule has 98 valence electrons. The zero-order valence-electron chi connectivity index (χ0n) is 11.6. The van der Waals surface area contributed by atoms with Gasteiger partial charge in [0.15, 0.2) is 0 Å². The lowest BCUT2D eigenvalue weighted by molar-refractivity contribution is 0.282. The second-order valence-corrected chi connectivity index (χ2v) is 5.00. The third kappa shape index (κ3) is 2.27. The number of aliphatic hydroxyl groups excluding tert-OH is 1. The molecule has 1 fully saturated rings. The van der Waals surface area contributed by atoms with Crippen molar-refractivity contribution in [3.63, 3.8) is 0 Å². The van der Waals surface area contributed by atoms with Crippen LogP contribution in [-0.4, -0.2) is 16.5 Å². The van der Waals surface area contributed by atoms with Crippen molar-refractivity contribution in [2.45, 2.75) is 32.4 Å². The van der Waals surface area contributed by atoms with E-state index in [1.807, 2.05) is 52.0 Å². The predicted octanol–water partition coefficient (Wildman–Crippen LogP) is 4.00. The summed E-state index contributed by atoms with van der Waals surface area (Å²) < 4.78 is -0.585. The second kappa shape index (κ2) is 6.26. The Morgan fingerprint density at radius 1 is 1.00 bits per heavy atom. The Morgan fingerprint density at radius 3 is 1.94 bits per heavy atom. The van der Waals surface area contributed by atoms with Crippen LogP contribution in [0.15, 0.2) is 58.7 Å². The molecule has 0 aromatic heterocycles. The van der Waals surface area contributed by atoms with E-state index in [0.717, 1.165) is 22.3 Å². The summed E-state index contributed by atoms with van der Waals surface area (Å²) in [5.74, 6) is 0. The molecule has 0 aliphatic heterocycles. The minimum atomic E-state index is -0.585. The van der Waals surface area contributed by atoms with Gasteiger partial charge in [0.05, 0.1) is 11.4 Å². The molecule has 0 aromatic carbocycles. The van der Waals surface area contributed by atoms with Crippen LogP contribution in [0, 0.1) is 0 Å². The van der Waals surface area contributed by atoms with E-state index in [0.29, 0.717) is 0 Å². The smallest absolute Gasteiger partial charge is 0.0863 e. The van der Waals surface area contributed by atoms with Crippen LogP contribution in [0.25, 0.3) is 0 Å². The van der Waals surface area contributed by atoms with Crippen molar-refractivity contribution in [3.05, 3.63) is 58.7 Å². The van der Waals surface area contributed by atoms with Gasteiger partial charge in [-0.1, -0.05) is 36.5 Å². The summed E-state index contributed by atoms with van der Waals surface area (Å²) in [5, 5.41) is 9.75. The van der Waals surface area contributed by atoms with Gasteiger partial charge in [-0.25, -0.2) is 0 Å². The van der Waals surface area contributed by atoms with Crippen molar-refractivity contribution in [1.82, 2.24) is 0 Å². The Morgan fingerprint density at radius 2 is 1.56 bits per heavy atom. The maximum absolute atomic E-state index is 9.75. The molecule has 18 heavy (non-hydrogen) atoms. The maximum atomic E-state index is 9.75.